The van der Waals surface area contributed by atoms with Crippen molar-refractivity contribution in [2.75, 3.05) is 47.1 Å². The number of halogens is 1. The van der Waals surface area contributed by atoms with Gasteiger partial charge in [-0.2, -0.15) is 0 Å². The predicted octanol–water partition coefficient (Wildman–Crippen LogP) is 3.15. The van der Waals surface area contributed by atoms with Gasteiger partial charge in [-0.15, -0.1) is 24.0 Å². The molecule has 1 N–H and O–H groups in total. The molecule has 0 atom stereocenters. The summed E-state index contributed by atoms with van der Waals surface area (Å²) in [4.78, 5) is 6.86. The summed E-state index contributed by atoms with van der Waals surface area (Å²) in [6.07, 6.45) is 2.05. The second kappa shape index (κ2) is 15.7. The largest absolute Gasteiger partial charge is 0.382 e. The lowest BCUT2D eigenvalue weighted by molar-refractivity contribution is 0.0690. The minimum absolute atomic E-state index is 0. The Kier molecular flexibility index (Phi) is 15.1. The first-order valence-electron chi connectivity index (χ1n) is 8.38. The number of methoxy groups -OCH3 is 1. The van der Waals surface area contributed by atoms with Crippen LogP contribution in [0.1, 0.15) is 25.3 Å². The van der Waals surface area contributed by atoms with E-state index in [9.17, 15) is 0 Å². The molecular weight excluding hydrogens is 417 g/mol. The minimum Gasteiger partial charge on any atom is -0.382 e. The van der Waals surface area contributed by atoms with E-state index in [-0.39, 0.29) is 24.0 Å². The molecule has 24 heavy (non-hydrogen) atoms. The van der Waals surface area contributed by atoms with Gasteiger partial charge in [0.25, 0.3) is 0 Å². The van der Waals surface area contributed by atoms with Crippen LogP contribution in [0.15, 0.2) is 35.3 Å². The fraction of sp³-hybridized carbons (Fsp3) is 0.611. The molecule has 0 saturated carbocycles. The van der Waals surface area contributed by atoms with Gasteiger partial charge in [-0.25, -0.2) is 0 Å². The topological polar surface area (TPSA) is 46.1 Å². The van der Waals surface area contributed by atoms with E-state index >= 15 is 0 Å². The summed E-state index contributed by atoms with van der Waals surface area (Å²) in [5.41, 5.74) is 1.28. The zero-order valence-electron chi connectivity index (χ0n) is 15.2. The Hall–Kier alpha value is -0.860. The summed E-state index contributed by atoms with van der Waals surface area (Å²) in [5.74, 6) is 0.955. The van der Waals surface area contributed by atoms with E-state index in [1.54, 1.807) is 7.11 Å². The molecule has 0 heterocycles. The van der Waals surface area contributed by atoms with Crippen molar-refractivity contribution in [2.45, 2.75) is 26.3 Å². The summed E-state index contributed by atoms with van der Waals surface area (Å²) in [7, 11) is 3.76. The van der Waals surface area contributed by atoms with Crippen molar-refractivity contribution in [2.24, 2.45) is 4.99 Å². The molecule has 0 unspecified atom stereocenters. The predicted molar refractivity (Wildman–Crippen MR) is 111 cm³/mol. The molecule has 0 bridgehead atoms. The molecule has 6 heteroatoms. The Morgan fingerprint density at radius 2 is 1.88 bits per heavy atom. The van der Waals surface area contributed by atoms with Gasteiger partial charge in [-0.1, -0.05) is 30.3 Å². The maximum Gasteiger partial charge on any atom is 0.193 e. The van der Waals surface area contributed by atoms with Gasteiger partial charge in [0.05, 0.1) is 13.2 Å². The SMILES string of the molecule is CCNC(=NCCCCOCCOC)N(C)Cc1ccccc1.I. The van der Waals surface area contributed by atoms with Crippen LogP contribution in [0.2, 0.25) is 0 Å². The number of hydrogen-bond acceptors (Lipinski definition) is 3. The summed E-state index contributed by atoms with van der Waals surface area (Å²) in [6.45, 7) is 6.74. The van der Waals surface area contributed by atoms with E-state index in [4.69, 9.17) is 14.5 Å². The van der Waals surface area contributed by atoms with Gasteiger partial charge in [0.15, 0.2) is 5.96 Å². The smallest absolute Gasteiger partial charge is 0.193 e. The summed E-state index contributed by atoms with van der Waals surface area (Å²) >= 11 is 0. The molecule has 138 valence electrons. The Balaban J connectivity index is 0.00000529. The van der Waals surface area contributed by atoms with E-state index < -0.39 is 0 Å². The van der Waals surface area contributed by atoms with Crippen LogP contribution in [0.25, 0.3) is 0 Å². The number of nitrogens with one attached hydrogen (secondary N) is 1. The van der Waals surface area contributed by atoms with Crippen LogP contribution in [0, 0.1) is 0 Å². The van der Waals surface area contributed by atoms with Crippen molar-refractivity contribution in [3.8, 4) is 0 Å². The summed E-state index contributed by atoms with van der Waals surface area (Å²) in [5, 5.41) is 3.35. The number of guanidine groups is 1. The number of nitrogens with zero attached hydrogens (tertiary/aromatic N) is 2. The second-order valence-corrected chi connectivity index (χ2v) is 5.39. The molecule has 1 rings (SSSR count). The van der Waals surface area contributed by atoms with Gasteiger partial charge in [0.2, 0.25) is 0 Å². The molecule has 1 aromatic rings. The van der Waals surface area contributed by atoms with Crippen LogP contribution in [-0.2, 0) is 16.0 Å². The van der Waals surface area contributed by atoms with Crippen LogP contribution >= 0.6 is 24.0 Å². The monoisotopic (exact) mass is 449 g/mol. The fourth-order valence-corrected chi connectivity index (χ4v) is 2.15. The highest BCUT2D eigenvalue weighted by molar-refractivity contribution is 14.0. The molecule has 0 aromatic heterocycles. The number of aliphatic imine (C=N–C) groups is 1. The lowest BCUT2D eigenvalue weighted by Crippen LogP contribution is -2.38. The molecule has 0 amide bonds. The lowest BCUT2D eigenvalue weighted by atomic mass is 10.2. The highest BCUT2D eigenvalue weighted by Gasteiger charge is 2.05. The molecular formula is C18H32IN3O2. The average Bonchev–Trinajstić information content (AvgIpc) is 2.57. The van der Waals surface area contributed by atoms with Gasteiger partial charge >= 0.3 is 0 Å². The van der Waals surface area contributed by atoms with E-state index in [2.05, 4.69) is 48.5 Å². The third-order valence-electron chi connectivity index (χ3n) is 3.35. The van der Waals surface area contributed by atoms with Crippen molar-refractivity contribution in [3.05, 3.63) is 35.9 Å². The molecule has 1 aromatic carbocycles. The van der Waals surface area contributed by atoms with E-state index in [0.717, 1.165) is 45.0 Å². The van der Waals surface area contributed by atoms with Crippen LogP contribution < -0.4 is 5.32 Å². The highest BCUT2D eigenvalue weighted by Crippen LogP contribution is 2.03. The fourth-order valence-electron chi connectivity index (χ4n) is 2.15. The zero-order chi connectivity index (χ0) is 16.8. The van der Waals surface area contributed by atoms with Gasteiger partial charge in [-0.05, 0) is 25.3 Å². The first-order chi connectivity index (χ1) is 11.3. The van der Waals surface area contributed by atoms with Crippen molar-refractivity contribution < 1.29 is 9.47 Å². The molecule has 0 spiro atoms. The molecule has 0 aliphatic rings. The summed E-state index contributed by atoms with van der Waals surface area (Å²) < 4.78 is 10.4. The minimum atomic E-state index is 0. The summed E-state index contributed by atoms with van der Waals surface area (Å²) in [6, 6.07) is 10.4. The van der Waals surface area contributed by atoms with Crippen LogP contribution in [0.4, 0.5) is 0 Å². The van der Waals surface area contributed by atoms with Gasteiger partial charge in [-0.3, -0.25) is 4.99 Å². The van der Waals surface area contributed by atoms with Gasteiger partial charge in [0.1, 0.15) is 0 Å². The Labute approximate surface area is 163 Å². The maximum atomic E-state index is 5.46. The molecule has 0 saturated heterocycles. The Morgan fingerprint density at radius 1 is 1.12 bits per heavy atom. The van der Waals surface area contributed by atoms with Crippen molar-refractivity contribution >= 4 is 29.9 Å². The Bertz CT molecular complexity index is 430. The van der Waals surface area contributed by atoms with Crippen molar-refractivity contribution in [1.29, 1.82) is 0 Å². The van der Waals surface area contributed by atoms with E-state index in [1.807, 2.05) is 6.07 Å². The van der Waals surface area contributed by atoms with Crippen molar-refractivity contribution in [3.63, 3.8) is 0 Å². The third-order valence-corrected chi connectivity index (χ3v) is 3.35. The highest BCUT2D eigenvalue weighted by atomic mass is 127. The standard InChI is InChI=1S/C18H31N3O2.HI/c1-4-19-18(20-12-8-9-13-23-15-14-22-3)21(2)16-17-10-6-5-7-11-17;/h5-7,10-11H,4,8-9,12-16H2,1-3H3,(H,19,20);1H. The second-order valence-electron chi connectivity index (χ2n) is 5.39. The zero-order valence-corrected chi connectivity index (χ0v) is 17.5. The normalized spacial score (nSPS) is 11.0. The quantitative estimate of drug-likeness (QED) is 0.244. The number of ether oxygens (including phenoxy) is 2. The van der Waals surface area contributed by atoms with Crippen LogP contribution in [-0.4, -0.2) is 57.9 Å². The maximum absolute atomic E-state index is 5.46. The molecule has 0 aliphatic heterocycles. The van der Waals surface area contributed by atoms with Gasteiger partial charge < -0.3 is 19.7 Å². The molecule has 0 aliphatic carbocycles. The first kappa shape index (κ1) is 23.1. The van der Waals surface area contributed by atoms with Crippen molar-refractivity contribution in [1.82, 2.24) is 10.2 Å². The number of unbranched alkanes of at least 4 members (excludes halogenated alkanes) is 1. The molecule has 0 radical (unpaired) electrons. The van der Waals surface area contributed by atoms with E-state index in [1.165, 1.54) is 5.56 Å². The third kappa shape index (κ3) is 10.8. The number of rotatable bonds is 11. The molecule has 0 fully saturated rings. The first-order valence-corrected chi connectivity index (χ1v) is 8.38. The average molecular weight is 449 g/mol. The number of hydrogen-bond donors (Lipinski definition) is 1. The number of benzene rings is 1. The Morgan fingerprint density at radius 3 is 2.54 bits per heavy atom. The van der Waals surface area contributed by atoms with Crippen LogP contribution in [0.5, 0.6) is 0 Å². The van der Waals surface area contributed by atoms with E-state index in [0.29, 0.717) is 13.2 Å². The lowest BCUT2D eigenvalue weighted by Gasteiger charge is -2.22. The van der Waals surface area contributed by atoms with Crippen LogP contribution in [0.3, 0.4) is 0 Å². The van der Waals surface area contributed by atoms with Gasteiger partial charge in [0, 0.05) is 40.4 Å². The molecule has 5 nitrogen and oxygen atoms in total.